The van der Waals surface area contributed by atoms with Crippen molar-refractivity contribution in [2.45, 2.75) is 39.3 Å². The van der Waals surface area contributed by atoms with Crippen molar-refractivity contribution in [2.75, 3.05) is 13.1 Å². The molecule has 134 valence electrons. The maximum atomic E-state index is 12.1. The Bertz CT molecular complexity index is 872. The van der Waals surface area contributed by atoms with E-state index < -0.39 is 0 Å². The Kier molecular flexibility index (Phi) is 4.60. The molecular weight excluding hydrogens is 318 g/mol. The van der Waals surface area contributed by atoms with Crippen LogP contribution in [0.5, 0.6) is 0 Å². The van der Waals surface area contributed by atoms with Crippen molar-refractivity contribution >= 4 is 0 Å². The van der Waals surface area contributed by atoms with Gasteiger partial charge in [-0.1, -0.05) is 20.8 Å². The van der Waals surface area contributed by atoms with Crippen LogP contribution in [0, 0.1) is 5.92 Å². The van der Waals surface area contributed by atoms with E-state index in [9.17, 15) is 9.59 Å². The lowest BCUT2D eigenvalue weighted by Gasteiger charge is -2.39. The predicted octanol–water partition coefficient (Wildman–Crippen LogP) is 0.766. The van der Waals surface area contributed by atoms with E-state index in [4.69, 9.17) is 0 Å². The molecule has 0 amide bonds. The lowest BCUT2D eigenvalue weighted by atomic mass is 9.92. The molecule has 25 heavy (non-hydrogen) atoms. The second-order valence-corrected chi connectivity index (χ2v) is 7.88. The van der Waals surface area contributed by atoms with Crippen LogP contribution in [0.1, 0.15) is 32.2 Å². The quantitative estimate of drug-likeness (QED) is 0.820. The van der Waals surface area contributed by atoms with Gasteiger partial charge in [0.05, 0.1) is 24.3 Å². The van der Waals surface area contributed by atoms with Gasteiger partial charge in [-0.15, -0.1) is 0 Å². The third-order valence-electron chi connectivity index (χ3n) is 4.52. The molecule has 0 unspecified atom stereocenters. The maximum Gasteiger partial charge on any atom is 0.266 e. The lowest BCUT2D eigenvalue weighted by molar-refractivity contribution is 0.0750. The molecule has 3 heterocycles. The SMILES string of the molecule is Cn1cnc(CN2CC(Cn3nc(C(C)(C)C)ccc3=O)C2)cc1=O. The van der Waals surface area contributed by atoms with Gasteiger partial charge in [0.15, 0.2) is 0 Å². The van der Waals surface area contributed by atoms with Crippen LogP contribution in [0.25, 0.3) is 0 Å². The first kappa shape index (κ1) is 17.5. The van der Waals surface area contributed by atoms with Crippen LogP contribution < -0.4 is 11.1 Å². The first-order valence-corrected chi connectivity index (χ1v) is 8.55. The van der Waals surface area contributed by atoms with Gasteiger partial charge in [-0.3, -0.25) is 14.5 Å². The van der Waals surface area contributed by atoms with Gasteiger partial charge in [0, 0.05) is 50.1 Å². The molecule has 1 saturated heterocycles. The Morgan fingerprint density at radius 3 is 2.52 bits per heavy atom. The summed E-state index contributed by atoms with van der Waals surface area (Å²) in [6, 6.07) is 4.99. The molecule has 2 aromatic rings. The Morgan fingerprint density at radius 2 is 1.88 bits per heavy atom. The Morgan fingerprint density at radius 1 is 1.16 bits per heavy atom. The van der Waals surface area contributed by atoms with Gasteiger partial charge >= 0.3 is 0 Å². The van der Waals surface area contributed by atoms with Gasteiger partial charge in [-0.05, 0) is 6.07 Å². The van der Waals surface area contributed by atoms with Crippen LogP contribution in [0.4, 0.5) is 0 Å². The van der Waals surface area contributed by atoms with E-state index in [1.54, 1.807) is 30.2 Å². The van der Waals surface area contributed by atoms with E-state index in [0.29, 0.717) is 19.0 Å². The number of aryl methyl sites for hydroxylation is 1. The highest BCUT2D eigenvalue weighted by molar-refractivity contribution is 5.10. The van der Waals surface area contributed by atoms with Gasteiger partial charge in [0.25, 0.3) is 11.1 Å². The van der Waals surface area contributed by atoms with Crippen molar-refractivity contribution in [3.8, 4) is 0 Å². The van der Waals surface area contributed by atoms with Crippen molar-refractivity contribution < 1.29 is 0 Å². The summed E-state index contributed by atoms with van der Waals surface area (Å²) in [4.78, 5) is 30.2. The van der Waals surface area contributed by atoms with Gasteiger partial charge in [-0.2, -0.15) is 5.10 Å². The number of hydrogen-bond donors (Lipinski definition) is 0. The third-order valence-corrected chi connectivity index (χ3v) is 4.52. The summed E-state index contributed by atoms with van der Waals surface area (Å²) in [7, 11) is 1.69. The standard InChI is InChI=1S/C18H25N5O2/c1-18(2,3)15-5-6-16(24)23(20-15)10-13-8-22(9-13)11-14-7-17(25)21(4)12-19-14/h5-7,12-13H,8-11H2,1-4H3. The number of rotatable bonds is 4. The highest BCUT2D eigenvalue weighted by atomic mass is 16.1. The molecule has 0 aromatic carbocycles. The van der Waals surface area contributed by atoms with Gasteiger partial charge in [0.1, 0.15) is 0 Å². The predicted molar refractivity (Wildman–Crippen MR) is 95.4 cm³/mol. The summed E-state index contributed by atoms with van der Waals surface area (Å²) in [5.74, 6) is 0.395. The van der Waals surface area contributed by atoms with Crippen molar-refractivity contribution in [2.24, 2.45) is 13.0 Å². The third kappa shape index (κ3) is 4.04. The molecule has 0 saturated carbocycles. The summed E-state index contributed by atoms with van der Waals surface area (Å²) >= 11 is 0. The Hall–Kier alpha value is -2.28. The zero-order valence-electron chi connectivity index (χ0n) is 15.3. The molecule has 3 rings (SSSR count). The topological polar surface area (TPSA) is 73.0 Å². The van der Waals surface area contributed by atoms with Gasteiger partial charge in [0.2, 0.25) is 0 Å². The molecule has 0 radical (unpaired) electrons. The van der Waals surface area contributed by atoms with E-state index in [1.165, 1.54) is 4.57 Å². The number of hydrogen-bond acceptors (Lipinski definition) is 5. The zero-order valence-corrected chi connectivity index (χ0v) is 15.3. The molecule has 1 aliphatic heterocycles. The average Bonchev–Trinajstić information content (AvgIpc) is 2.49. The second-order valence-electron chi connectivity index (χ2n) is 7.88. The van der Waals surface area contributed by atoms with Crippen LogP contribution in [-0.2, 0) is 25.6 Å². The van der Waals surface area contributed by atoms with E-state index >= 15 is 0 Å². The normalized spacial score (nSPS) is 16.0. The van der Waals surface area contributed by atoms with Gasteiger partial charge < -0.3 is 4.57 Å². The first-order valence-electron chi connectivity index (χ1n) is 8.55. The summed E-state index contributed by atoms with van der Waals surface area (Å²) in [5, 5.41) is 4.52. The Labute approximate surface area is 146 Å². The van der Waals surface area contributed by atoms with Gasteiger partial charge in [-0.25, -0.2) is 9.67 Å². The minimum Gasteiger partial charge on any atom is -0.302 e. The maximum absolute atomic E-state index is 12.1. The minimum absolute atomic E-state index is 0.0446. The minimum atomic E-state index is -0.0771. The van der Waals surface area contributed by atoms with Crippen molar-refractivity contribution in [1.29, 1.82) is 0 Å². The highest BCUT2D eigenvalue weighted by Gasteiger charge is 2.28. The molecular formula is C18H25N5O2. The van der Waals surface area contributed by atoms with Crippen molar-refractivity contribution in [3.05, 3.63) is 56.6 Å². The molecule has 2 aromatic heterocycles. The summed E-state index contributed by atoms with van der Waals surface area (Å²) in [5.41, 5.74) is 1.53. The fourth-order valence-corrected chi connectivity index (χ4v) is 2.96. The lowest BCUT2D eigenvalue weighted by Crippen LogP contribution is -2.49. The van der Waals surface area contributed by atoms with Crippen LogP contribution >= 0.6 is 0 Å². The largest absolute Gasteiger partial charge is 0.302 e. The zero-order chi connectivity index (χ0) is 18.2. The van der Waals surface area contributed by atoms with Crippen molar-refractivity contribution in [1.82, 2.24) is 24.2 Å². The summed E-state index contributed by atoms with van der Waals surface area (Å²) in [6.45, 7) is 9.32. The molecule has 1 fully saturated rings. The molecule has 0 atom stereocenters. The molecule has 0 aliphatic carbocycles. The molecule has 0 bridgehead atoms. The monoisotopic (exact) mass is 343 g/mol. The average molecular weight is 343 g/mol. The fraction of sp³-hybridized carbons (Fsp3) is 0.556. The molecule has 1 aliphatic rings. The van der Waals surface area contributed by atoms with E-state index in [1.807, 2.05) is 6.07 Å². The smallest absolute Gasteiger partial charge is 0.266 e. The van der Waals surface area contributed by atoms with Crippen LogP contribution in [0.3, 0.4) is 0 Å². The first-order chi connectivity index (χ1) is 11.7. The Balaban J connectivity index is 1.59. The van der Waals surface area contributed by atoms with E-state index in [-0.39, 0.29) is 16.5 Å². The van der Waals surface area contributed by atoms with E-state index in [2.05, 4.69) is 35.8 Å². The van der Waals surface area contributed by atoms with Crippen LogP contribution in [0.2, 0.25) is 0 Å². The molecule has 7 heteroatoms. The summed E-state index contributed by atoms with van der Waals surface area (Å²) in [6.07, 6.45) is 1.55. The van der Waals surface area contributed by atoms with E-state index in [0.717, 1.165) is 24.5 Å². The highest BCUT2D eigenvalue weighted by Crippen LogP contribution is 2.20. The molecule has 0 N–H and O–H groups in total. The number of aromatic nitrogens is 4. The fourth-order valence-electron chi connectivity index (χ4n) is 2.96. The summed E-state index contributed by atoms with van der Waals surface area (Å²) < 4.78 is 3.04. The number of likely N-dealkylation sites (tertiary alicyclic amines) is 1. The second kappa shape index (κ2) is 6.55. The number of nitrogens with zero attached hydrogens (tertiary/aromatic N) is 5. The van der Waals surface area contributed by atoms with Crippen molar-refractivity contribution in [3.63, 3.8) is 0 Å². The van der Waals surface area contributed by atoms with Crippen LogP contribution in [0.15, 0.2) is 34.1 Å². The molecule has 0 spiro atoms. The molecule has 7 nitrogen and oxygen atoms in total. The van der Waals surface area contributed by atoms with Crippen LogP contribution in [-0.4, -0.2) is 37.3 Å².